The molecule has 4 nitrogen and oxygen atoms in total. The summed E-state index contributed by atoms with van der Waals surface area (Å²) in [5.74, 6) is -5.34. The lowest BCUT2D eigenvalue weighted by Gasteiger charge is -2.37. The van der Waals surface area contributed by atoms with E-state index < -0.39 is 41.5 Å². The zero-order chi connectivity index (χ0) is 29.6. The molecule has 5 rings (SSSR count). The van der Waals surface area contributed by atoms with Gasteiger partial charge in [-0.2, -0.15) is 8.78 Å². The van der Waals surface area contributed by atoms with Gasteiger partial charge in [0, 0.05) is 11.5 Å². The van der Waals surface area contributed by atoms with E-state index in [0.29, 0.717) is 25.3 Å². The number of ether oxygens (including phenoxy) is 4. The zero-order valence-electron chi connectivity index (χ0n) is 22.0. The molecule has 0 N–H and O–H groups in total. The number of alkyl halides is 5. The Hall–Kier alpha value is -2.54. The van der Waals surface area contributed by atoms with Crippen molar-refractivity contribution in [2.24, 2.45) is 5.92 Å². The van der Waals surface area contributed by atoms with E-state index >= 15 is 0 Å². The SMILES string of the molecule is CCCC12COC(C3CCC(c4ccc(/C=C/c5cc(F)c(C(F)(F)OC(F)(F)F)c(F)c5)c(F)c4)CC3)(OC1)O2. The average molecular weight is 593 g/mol. The summed E-state index contributed by atoms with van der Waals surface area (Å²) in [6.45, 7) is 3.12. The molecule has 0 radical (unpaired) electrons. The minimum atomic E-state index is -5.83. The van der Waals surface area contributed by atoms with Gasteiger partial charge in [-0.05, 0) is 67.3 Å². The number of halogens is 8. The highest BCUT2D eigenvalue weighted by atomic mass is 19.4. The molecule has 12 heteroatoms. The summed E-state index contributed by atoms with van der Waals surface area (Å²) in [7, 11) is 0. The van der Waals surface area contributed by atoms with Crippen LogP contribution in [0.15, 0.2) is 30.3 Å². The summed E-state index contributed by atoms with van der Waals surface area (Å²) in [5, 5.41) is 0. The van der Waals surface area contributed by atoms with Crippen LogP contribution in [0.4, 0.5) is 35.1 Å². The molecule has 1 saturated carbocycles. The Morgan fingerprint density at radius 2 is 1.51 bits per heavy atom. The first-order chi connectivity index (χ1) is 19.2. The minimum Gasteiger partial charge on any atom is -0.324 e. The van der Waals surface area contributed by atoms with Gasteiger partial charge in [0.2, 0.25) is 0 Å². The molecule has 0 atom stereocenters. The van der Waals surface area contributed by atoms with Crippen molar-refractivity contribution in [2.45, 2.75) is 75.4 Å². The van der Waals surface area contributed by atoms with Crippen LogP contribution in [-0.4, -0.2) is 31.2 Å². The molecule has 224 valence electrons. The van der Waals surface area contributed by atoms with E-state index in [1.165, 1.54) is 18.2 Å². The van der Waals surface area contributed by atoms with Gasteiger partial charge in [-0.15, -0.1) is 13.2 Å². The molecular weight excluding hydrogens is 564 g/mol. The average Bonchev–Trinajstić information content (AvgIpc) is 3.43. The van der Waals surface area contributed by atoms with E-state index in [1.54, 1.807) is 6.07 Å². The standard InChI is InChI=1S/C29H28F8O4/c1-2-11-26-15-38-28(40-26,39-16-26)21-9-7-18(8-10-21)20-6-5-19(22(30)14-20)4-3-17-12-23(31)25(24(32)13-17)27(33,34)41-29(35,36)37/h3-6,12-14,18,21H,2,7-11,15-16H2,1H3/b4-3+. The fourth-order valence-corrected chi connectivity index (χ4v) is 6.00. The van der Waals surface area contributed by atoms with Gasteiger partial charge in [-0.25, -0.2) is 17.9 Å². The second-order valence-corrected chi connectivity index (χ2v) is 10.8. The molecule has 3 fully saturated rings. The third kappa shape index (κ3) is 6.16. The zero-order valence-corrected chi connectivity index (χ0v) is 22.0. The molecule has 0 amide bonds. The van der Waals surface area contributed by atoms with Crippen LogP contribution in [0, 0.1) is 23.4 Å². The van der Waals surface area contributed by atoms with Crippen molar-refractivity contribution in [1.29, 1.82) is 0 Å². The topological polar surface area (TPSA) is 36.9 Å². The first-order valence-electron chi connectivity index (χ1n) is 13.3. The molecule has 0 aromatic heterocycles. The van der Waals surface area contributed by atoms with Crippen molar-refractivity contribution in [2.75, 3.05) is 13.2 Å². The Morgan fingerprint density at radius 1 is 0.878 bits per heavy atom. The van der Waals surface area contributed by atoms with Crippen LogP contribution in [0.3, 0.4) is 0 Å². The van der Waals surface area contributed by atoms with Crippen LogP contribution in [0.2, 0.25) is 0 Å². The van der Waals surface area contributed by atoms with E-state index in [2.05, 4.69) is 11.7 Å². The number of rotatable bonds is 8. The molecule has 0 unspecified atom stereocenters. The lowest BCUT2D eigenvalue weighted by molar-refractivity contribution is -0.432. The summed E-state index contributed by atoms with van der Waals surface area (Å²) >= 11 is 0. The second kappa shape index (κ2) is 10.9. The van der Waals surface area contributed by atoms with Gasteiger partial charge in [-0.3, -0.25) is 0 Å². The first-order valence-corrected chi connectivity index (χ1v) is 13.3. The van der Waals surface area contributed by atoms with Crippen LogP contribution in [-0.2, 0) is 25.1 Å². The fraction of sp³-hybridized carbons (Fsp3) is 0.517. The molecule has 2 saturated heterocycles. The molecule has 3 aliphatic rings. The van der Waals surface area contributed by atoms with E-state index in [0.717, 1.165) is 50.2 Å². The maximum absolute atomic E-state index is 14.9. The van der Waals surface area contributed by atoms with E-state index in [1.807, 2.05) is 0 Å². The monoisotopic (exact) mass is 592 g/mol. The highest BCUT2D eigenvalue weighted by Crippen LogP contribution is 2.52. The first kappa shape index (κ1) is 29.9. The Kier molecular flexibility index (Phi) is 7.99. The summed E-state index contributed by atoms with van der Waals surface area (Å²) < 4.78 is 128. The molecule has 0 spiro atoms. The van der Waals surface area contributed by atoms with Gasteiger partial charge in [0.25, 0.3) is 5.97 Å². The Bertz CT molecular complexity index is 1270. The maximum Gasteiger partial charge on any atom is 0.527 e. The van der Waals surface area contributed by atoms with E-state index in [-0.39, 0.29) is 28.6 Å². The van der Waals surface area contributed by atoms with Crippen LogP contribution in [0.25, 0.3) is 12.2 Å². The largest absolute Gasteiger partial charge is 0.527 e. The summed E-state index contributed by atoms with van der Waals surface area (Å²) in [5.41, 5.74) is -2.01. The molecule has 1 aliphatic carbocycles. The number of hydrogen-bond acceptors (Lipinski definition) is 4. The highest BCUT2D eigenvalue weighted by Gasteiger charge is 2.62. The quantitative estimate of drug-likeness (QED) is 0.228. The molecule has 2 bridgehead atoms. The van der Waals surface area contributed by atoms with E-state index in [4.69, 9.17) is 14.2 Å². The molecule has 2 aromatic rings. The summed E-state index contributed by atoms with van der Waals surface area (Å²) in [6.07, 6.45) is -3.95. The van der Waals surface area contributed by atoms with Gasteiger partial charge < -0.3 is 14.2 Å². The van der Waals surface area contributed by atoms with Crippen molar-refractivity contribution < 1.29 is 54.1 Å². The van der Waals surface area contributed by atoms with Crippen LogP contribution in [0.1, 0.15) is 73.6 Å². The predicted molar refractivity (Wildman–Crippen MR) is 131 cm³/mol. The predicted octanol–water partition coefficient (Wildman–Crippen LogP) is 8.40. The van der Waals surface area contributed by atoms with E-state index in [9.17, 15) is 35.1 Å². The van der Waals surface area contributed by atoms with Gasteiger partial charge in [0.1, 0.15) is 28.6 Å². The lowest BCUT2D eigenvalue weighted by Crippen LogP contribution is -2.42. The van der Waals surface area contributed by atoms with Crippen molar-refractivity contribution >= 4 is 12.2 Å². The van der Waals surface area contributed by atoms with Crippen molar-refractivity contribution in [3.8, 4) is 0 Å². The lowest BCUT2D eigenvalue weighted by atomic mass is 9.77. The Morgan fingerprint density at radius 3 is 2.07 bits per heavy atom. The molecule has 2 aromatic carbocycles. The molecular formula is C29H28F8O4. The van der Waals surface area contributed by atoms with Crippen LogP contribution in [0.5, 0.6) is 0 Å². The smallest absolute Gasteiger partial charge is 0.324 e. The highest BCUT2D eigenvalue weighted by molar-refractivity contribution is 5.70. The molecule has 2 aliphatic heterocycles. The third-order valence-electron chi connectivity index (χ3n) is 7.92. The van der Waals surface area contributed by atoms with Gasteiger partial charge in [-0.1, -0.05) is 37.6 Å². The van der Waals surface area contributed by atoms with Crippen LogP contribution < -0.4 is 0 Å². The fourth-order valence-electron chi connectivity index (χ4n) is 6.00. The Balaban J connectivity index is 1.23. The Labute approximate surface area is 231 Å². The second-order valence-electron chi connectivity index (χ2n) is 10.8. The molecule has 2 heterocycles. The molecule has 41 heavy (non-hydrogen) atoms. The number of hydrogen-bond donors (Lipinski definition) is 0. The van der Waals surface area contributed by atoms with Crippen LogP contribution >= 0.6 is 0 Å². The number of fused-ring (bicyclic) bond motifs is 2. The number of benzene rings is 2. The summed E-state index contributed by atoms with van der Waals surface area (Å²) in [4.78, 5) is 0. The van der Waals surface area contributed by atoms with Crippen molar-refractivity contribution in [3.63, 3.8) is 0 Å². The van der Waals surface area contributed by atoms with Gasteiger partial charge in [0.05, 0.1) is 13.2 Å². The van der Waals surface area contributed by atoms with Crippen molar-refractivity contribution in [3.05, 3.63) is 70.0 Å². The minimum absolute atomic E-state index is 0.0660. The summed E-state index contributed by atoms with van der Waals surface area (Å²) in [6, 6.07) is 5.42. The van der Waals surface area contributed by atoms with Gasteiger partial charge >= 0.3 is 12.5 Å². The van der Waals surface area contributed by atoms with Crippen molar-refractivity contribution in [1.82, 2.24) is 0 Å². The van der Waals surface area contributed by atoms with Gasteiger partial charge in [0.15, 0.2) is 0 Å². The third-order valence-corrected chi connectivity index (χ3v) is 7.92. The maximum atomic E-state index is 14.9. The normalized spacial score (nSPS) is 28.6.